The van der Waals surface area contributed by atoms with Gasteiger partial charge in [-0.2, -0.15) is 13.2 Å². The summed E-state index contributed by atoms with van der Waals surface area (Å²) in [6, 6.07) is 26.2. The lowest BCUT2D eigenvalue weighted by atomic mass is 9.98. The maximum absolute atomic E-state index is 14.0. The van der Waals surface area contributed by atoms with Crippen LogP contribution in [0, 0.1) is 0 Å². The number of benzene rings is 4. The van der Waals surface area contributed by atoms with Gasteiger partial charge in [0.1, 0.15) is 0 Å². The lowest BCUT2D eigenvalue weighted by Gasteiger charge is -2.17. The van der Waals surface area contributed by atoms with E-state index in [9.17, 15) is 21.6 Å². The molecule has 0 fully saturated rings. The Balaban J connectivity index is 1.93. The monoisotopic (exact) mass is 504 g/mol. The van der Waals surface area contributed by atoms with Crippen LogP contribution in [0.1, 0.15) is 5.56 Å². The predicted octanol–water partition coefficient (Wildman–Crippen LogP) is 7.05. The molecule has 0 amide bonds. The summed E-state index contributed by atoms with van der Waals surface area (Å²) in [7, 11) is -3.83. The second-order valence-corrected chi connectivity index (χ2v) is 10.2. The van der Waals surface area contributed by atoms with E-state index in [2.05, 4.69) is 9.97 Å². The number of nitrogens with zero attached hydrogens (tertiary/aromatic N) is 2. The van der Waals surface area contributed by atoms with Crippen molar-refractivity contribution in [1.82, 2.24) is 9.97 Å². The van der Waals surface area contributed by atoms with E-state index >= 15 is 0 Å². The molecule has 0 aliphatic rings. The number of hydrogen-bond donors (Lipinski definition) is 0. The van der Waals surface area contributed by atoms with Crippen molar-refractivity contribution >= 4 is 20.7 Å². The van der Waals surface area contributed by atoms with Gasteiger partial charge in [0.15, 0.2) is 15.7 Å². The van der Waals surface area contributed by atoms with E-state index in [0.717, 1.165) is 12.3 Å². The highest BCUT2D eigenvalue weighted by Gasteiger charge is 2.34. The highest BCUT2D eigenvalue weighted by Crippen LogP contribution is 2.41. The molecular formula is C28H19F3N2O2S. The molecule has 4 nitrogen and oxygen atoms in total. The molecule has 0 spiro atoms. The van der Waals surface area contributed by atoms with Gasteiger partial charge < -0.3 is 0 Å². The topological polar surface area (TPSA) is 59.9 Å². The zero-order chi connectivity index (χ0) is 25.5. The van der Waals surface area contributed by atoms with E-state index < -0.39 is 21.6 Å². The van der Waals surface area contributed by atoms with Crippen LogP contribution in [0.25, 0.3) is 44.7 Å². The normalized spacial score (nSPS) is 12.1. The van der Waals surface area contributed by atoms with Crippen LogP contribution in [-0.4, -0.2) is 24.6 Å². The van der Waals surface area contributed by atoms with Crippen molar-refractivity contribution < 1.29 is 21.6 Å². The molecule has 1 heterocycles. The molecule has 0 atom stereocenters. The van der Waals surface area contributed by atoms with Crippen LogP contribution in [0.2, 0.25) is 0 Å². The number of rotatable bonds is 4. The fourth-order valence-electron chi connectivity index (χ4n) is 4.27. The van der Waals surface area contributed by atoms with E-state index in [1.54, 1.807) is 72.8 Å². The fourth-order valence-corrected chi connectivity index (χ4v) is 5.42. The van der Waals surface area contributed by atoms with Gasteiger partial charge in [-0.05, 0) is 11.6 Å². The highest BCUT2D eigenvalue weighted by atomic mass is 32.2. The fraction of sp³-hybridized carbons (Fsp3) is 0.0714. The van der Waals surface area contributed by atoms with Crippen molar-refractivity contribution in [2.24, 2.45) is 0 Å². The number of hydrogen-bond acceptors (Lipinski definition) is 4. The van der Waals surface area contributed by atoms with Crippen LogP contribution in [-0.2, 0) is 16.0 Å². The minimum Gasteiger partial charge on any atom is -0.227 e. The predicted molar refractivity (Wildman–Crippen MR) is 134 cm³/mol. The number of sulfone groups is 1. The van der Waals surface area contributed by atoms with Gasteiger partial charge in [-0.15, -0.1) is 0 Å². The number of halogens is 3. The number of fused-ring (bicyclic) bond motifs is 1. The molecule has 0 aliphatic heterocycles. The molecular weight excluding hydrogens is 485 g/mol. The van der Waals surface area contributed by atoms with Gasteiger partial charge in [-0.1, -0.05) is 91.0 Å². The summed E-state index contributed by atoms with van der Waals surface area (Å²) in [6.07, 6.45) is -3.58. The molecule has 0 unspecified atom stereocenters. The first-order valence-electron chi connectivity index (χ1n) is 11.0. The number of alkyl halides is 3. The highest BCUT2D eigenvalue weighted by molar-refractivity contribution is 7.91. The molecule has 4 aromatic carbocycles. The van der Waals surface area contributed by atoms with Gasteiger partial charge in [0.05, 0.1) is 21.7 Å². The average Bonchev–Trinajstić information content (AvgIpc) is 2.87. The first-order valence-corrected chi connectivity index (χ1v) is 12.9. The first-order chi connectivity index (χ1) is 17.1. The van der Waals surface area contributed by atoms with E-state index in [-0.39, 0.29) is 32.9 Å². The summed E-state index contributed by atoms with van der Waals surface area (Å²) < 4.78 is 68.2. The van der Waals surface area contributed by atoms with E-state index in [0.29, 0.717) is 16.7 Å². The molecule has 5 rings (SSSR count). The van der Waals surface area contributed by atoms with Gasteiger partial charge in [-0.25, -0.2) is 18.4 Å². The summed E-state index contributed by atoms with van der Waals surface area (Å²) in [6.45, 7) is 0. The van der Waals surface area contributed by atoms with Gasteiger partial charge >= 0.3 is 6.18 Å². The van der Waals surface area contributed by atoms with Crippen molar-refractivity contribution in [3.8, 4) is 33.8 Å². The van der Waals surface area contributed by atoms with Crippen molar-refractivity contribution in [3.63, 3.8) is 0 Å². The van der Waals surface area contributed by atoms with Crippen molar-refractivity contribution in [2.75, 3.05) is 6.26 Å². The molecule has 0 aliphatic carbocycles. The van der Waals surface area contributed by atoms with Crippen LogP contribution in [0.5, 0.6) is 0 Å². The Morgan fingerprint density at radius 1 is 0.667 bits per heavy atom. The van der Waals surface area contributed by atoms with Crippen LogP contribution < -0.4 is 0 Å². The summed E-state index contributed by atoms with van der Waals surface area (Å²) in [4.78, 5) is 8.91. The molecule has 8 heteroatoms. The zero-order valence-corrected chi connectivity index (χ0v) is 19.8. The third-order valence-electron chi connectivity index (χ3n) is 5.79. The molecule has 36 heavy (non-hydrogen) atoms. The Morgan fingerprint density at radius 2 is 1.25 bits per heavy atom. The third-order valence-corrected chi connectivity index (χ3v) is 6.97. The zero-order valence-electron chi connectivity index (χ0n) is 19.0. The van der Waals surface area contributed by atoms with Crippen LogP contribution in [0.15, 0.2) is 102 Å². The first kappa shape index (κ1) is 23.7. The van der Waals surface area contributed by atoms with E-state index in [4.69, 9.17) is 0 Å². The molecule has 0 saturated carbocycles. The molecule has 0 saturated heterocycles. The molecule has 1 aromatic heterocycles. The second kappa shape index (κ2) is 8.87. The van der Waals surface area contributed by atoms with Gasteiger partial charge in [-0.3, -0.25) is 0 Å². The molecule has 0 bridgehead atoms. The quantitative estimate of drug-likeness (QED) is 0.263. The lowest BCUT2D eigenvalue weighted by Crippen LogP contribution is -2.09. The van der Waals surface area contributed by atoms with Gasteiger partial charge in [0.2, 0.25) is 0 Å². The van der Waals surface area contributed by atoms with E-state index in [1.807, 2.05) is 6.07 Å². The van der Waals surface area contributed by atoms with Crippen molar-refractivity contribution in [1.29, 1.82) is 0 Å². The summed E-state index contributed by atoms with van der Waals surface area (Å²) >= 11 is 0. The average molecular weight is 505 g/mol. The minimum atomic E-state index is -4.66. The van der Waals surface area contributed by atoms with Crippen LogP contribution >= 0.6 is 0 Å². The Morgan fingerprint density at radius 3 is 1.86 bits per heavy atom. The maximum atomic E-state index is 14.0. The Bertz CT molecular complexity index is 1690. The van der Waals surface area contributed by atoms with Crippen LogP contribution in [0.4, 0.5) is 13.2 Å². The summed E-state index contributed by atoms with van der Waals surface area (Å²) in [5, 5.41) is 0.111. The van der Waals surface area contributed by atoms with Crippen molar-refractivity contribution in [3.05, 3.63) is 103 Å². The molecule has 0 N–H and O–H groups in total. The van der Waals surface area contributed by atoms with E-state index in [1.165, 1.54) is 12.1 Å². The Hall–Kier alpha value is -4.04. The lowest BCUT2D eigenvalue weighted by molar-refractivity contribution is -0.136. The molecule has 180 valence electrons. The van der Waals surface area contributed by atoms with Gasteiger partial charge in [0.25, 0.3) is 0 Å². The SMILES string of the molecule is CS(=O)(=O)c1c(-c2ccccc2)cccc1-c1nc(-c2ccccc2)nc2c(C(F)(F)F)cccc12. The molecule has 0 radical (unpaired) electrons. The second-order valence-electron chi connectivity index (χ2n) is 8.28. The van der Waals surface area contributed by atoms with Crippen molar-refractivity contribution in [2.45, 2.75) is 11.1 Å². The maximum Gasteiger partial charge on any atom is 0.418 e. The Kier molecular flexibility index (Phi) is 5.84. The smallest absolute Gasteiger partial charge is 0.227 e. The Labute approximate surface area is 206 Å². The summed E-state index contributed by atoms with van der Waals surface area (Å²) in [5.41, 5.74) is 0.732. The minimum absolute atomic E-state index is 0.00683. The largest absolute Gasteiger partial charge is 0.418 e. The number of aromatic nitrogens is 2. The van der Waals surface area contributed by atoms with Crippen LogP contribution in [0.3, 0.4) is 0 Å². The van der Waals surface area contributed by atoms with Gasteiger partial charge in [0, 0.05) is 28.3 Å². The summed E-state index contributed by atoms with van der Waals surface area (Å²) in [5.74, 6) is 0.0689. The standard InChI is InChI=1S/C28H19F3N2O2S/c1-36(34,35)26-20(18-10-4-2-5-11-18)14-8-16-22(26)24-21-15-9-17-23(28(29,30)31)25(21)33-27(32-24)19-12-6-3-7-13-19/h2-17H,1H3. The molecule has 5 aromatic rings. The number of para-hydroxylation sites is 1. The third kappa shape index (κ3) is 4.35.